The maximum atomic E-state index is 12.4. The summed E-state index contributed by atoms with van der Waals surface area (Å²) in [6.45, 7) is 2.40. The molecule has 6 heteroatoms. The van der Waals surface area contributed by atoms with Crippen LogP contribution in [0.1, 0.15) is 44.3 Å². The van der Waals surface area contributed by atoms with E-state index in [0.717, 1.165) is 31.4 Å². The van der Waals surface area contributed by atoms with Gasteiger partial charge in [-0.2, -0.15) is 0 Å². The summed E-state index contributed by atoms with van der Waals surface area (Å²) in [7, 11) is 0. The van der Waals surface area contributed by atoms with Crippen LogP contribution in [0.2, 0.25) is 0 Å². The maximum absolute atomic E-state index is 12.4. The minimum absolute atomic E-state index is 0. The van der Waals surface area contributed by atoms with Gasteiger partial charge in [0.05, 0.1) is 17.2 Å². The van der Waals surface area contributed by atoms with Gasteiger partial charge in [0.25, 0.3) is 0 Å². The number of carbonyl (C=O) groups excluding carboxylic acids is 1. The molecule has 0 aromatic carbocycles. The molecular weight excluding hydrogens is 297 g/mol. The van der Waals surface area contributed by atoms with Crippen molar-refractivity contribution in [3.8, 4) is 0 Å². The highest BCUT2D eigenvalue weighted by atomic mass is 35.5. The summed E-state index contributed by atoms with van der Waals surface area (Å²) >= 11 is 0. The van der Waals surface area contributed by atoms with Crippen molar-refractivity contribution >= 4 is 30.7 Å². The lowest BCUT2D eigenvalue weighted by Crippen LogP contribution is -2.45. The van der Waals surface area contributed by atoms with E-state index >= 15 is 0 Å². The molecule has 1 unspecified atom stereocenters. The lowest BCUT2D eigenvalue weighted by molar-refractivity contribution is -0.131. The summed E-state index contributed by atoms with van der Waals surface area (Å²) in [5, 5.41) is 3.05. The Bertz CT molecular complexity index is 408. The van der Waals surface area contributed by atoms with Crippen molar-refractivity contribution in [2.24, 2.45) is 11.1 Å². The second-order valence-corrected chi connectivity index (χ2v) is 5.14. The number of aromatic nitrogens is 1. The summed E-state index contributed by atoms with van der Waals surface area (Å²) in [5.74, 6) is 0.0839. The van der Waals surface area contributed by atoms with Crippen LogP contribution < -0.4 is 11.1 Å². The minimum atomic E-state index is -0.344. The molecule has 114 valence electrons. The van der Waals surface area contributed by atoms with Crippen LogP contribution in [0, 0.1) is 5.41 Å². The lowest BCUT2D eigenvalue weighted by atomic mass is 9.85. The lowest BCUT2D eigenvalue weighted by Gasteiger charge is -2.27. The molecule has 0 bridgehead atoms. The number of halogens is 2. The number of nitrogens with one attached hydrogen (secondary N) is 1. The van der Waals surface area contributed by atoms with Crippen molar-refractivity contribution in [2.45, 2.75) is 38.6 Å². The second-order valence-electron chi connectivity index (χ2n) is 5.14. The zero-order chi connectivity index (χ0) is 13.0. The average Bonchev–Trinajstić information content (AvgIpc) is 2.89. The Kier molecular flexibility index (Phi) is 8.09. The van der Waals surface area contributed by atoms with Crippen LogP contribution >= 0.6 is 24.8 Å². The quantitative estimate of drug-likeness (QED) is 0.896. The summed E-state index contributed by atoms with van der Waals surface area (Å²) < 4.78 is 0. The first-order chi connectivity index (χ1) is 8.68. The molecule has 0 saturated heterocycles. The number of rotatable bonds is 4. The Hall–Kier alpha value is -0.840. The average molecular weight is 320 g/mol. The van der Waals surface area contributed by atoms with E-state index in [2.05, 4.69) is 10.3 Å². The number of pyridine rings is 1. The van der Waals surface area contributed by atoms with Crippen LogP contribution in [-0.2, 0) is 4.79 Å². The Labute approximate surface area is 132 Å². The molecule has 1 aromatic heterocycles. The standard InChI is InChI=1S/C14H21N3O.2ClH/c1-11(12-6-2-5-9-16-12)17-13(18)14(10-15)7-3-4-8-14;;/h2,5-6,9,11H,3-4,7-8,10,15H2,1H3,(H,17,18);2*1H. The van der Waals surface area contributed by atoms with E-state index in [4.69, 9.17) is 5.73 Å². The molecule has 1 saturated carbocycles. The number of nitrogens with zero attached hydrogens (tertiary/aromatic N) is 1. The summed E-state index contributed by atoms with van der Waals surface area (Å²) in [6.07, 6.45) is 5.76. The van der Waals surface area contributed by atoms with Crippen LogP contribution in [0.3, 0.4) is 0 Å². The third kappa shape index (κ3) is 4.08. The van der Waals surface area contributed by atoms with E-state index in [-0.39, 0.29) is 42.2 Å². The maximum Gasteiger partial charge on any atom is 0.228 e. The molecule has 0 radical (unpaired) electrons. The Morgan fingerprint density at radius 3 is 2.55 bits per heavy atom. The smallest absolute Gasteiger partial charge is 0.228 e. The molecule has 1 atom stereocenters. The Balaban J connectivity index is 0.00000180. The van der Waals surface area contributed by atoms with Gasteiger partial charge in [-0.1, -0.05) is 18.9 Å². The highest BCUT2D eigenvalue weighted by molar-refractivity contribution is 5.85. The fourth-order valence-electron chi connectivity index (χ4n) is 2.63. The molecule has 0 spiro atoms. The highest BCUT2D eigenvalue weighted by Crippen LogP contribution is 2.37. The van der Waals surface area contributed by atoms with Gasteiger partial charge in [0.15, 0.2) is 0 Å². The topological polar surface area (TPSA) is 68.0 Å². The SMILES string of the molecule is CC(NC(=O)C1(CN)CCCC1)c1ccccn1.Cl.Cl. The molecule has 1 aromatic rings. The van der Waals surface area contributed by atoms with Crippen LogP contribution in [0.25, 0.3) is 0 Å². The number of carbonyl (C=O) groups is 1. The third-order valence-electron chi connectivity index (χ3n) is 3.91. The molecule has 2 rings (SSSR count). The van der Waals surface area contributed by atoms with E-state index in [9.17, 15) is 4.79 Å². The minimum Gasteiger partial charge on any atom is -0.347 e. The third-order valence-corrected chi connectivity index (χ3v) is 3.91. The normalized spacial score (nSPS) is 17.5. The van der Waals surface area contributed by atoms with E-state index < -0.39 is 0 Å². The predicted octanol–water partition coefficient (Wildman–Crippen LogP) is 2.62. The van der Waals surface area contributed by atoms with Gasteiger partial charge in [0.2, 0.25) is 5.91 Å². The van der Waals surface area contributed by atoms with Gasteiger partial charge >= 0.3 is 0 Å². The summed E-state index contributed by atoms with van der Waals surface area (Å²) in [6, 6.07) is 5.66. The molecular formula is C14H23Cl2N3O. The van der Waals surface area contributed by atoms with Gasteiger partial charge in [-0.15, -0.1) is 24.8 Å². The summed E-state index contributed by atoms with van der Waals surface area (Å²) in [5.41, 5.74) is 6.35. The molecule has 1 heterocycles. The molecule has 3 N–H and O–H groups in total. The van der Waals surface area contributed by atoms with Gasteiger partial charge in [-0.3, -0.25) is 9.78 Å². The molecule has 4 nitrogen and oxygen atoms in total. The first-order valence-corrected chi connectivity index (χ1v) is 6.60. The van der Waals surface area contributed by atoms with E-state index in [0.29, 0.717) is 6.54 Å². The highest BCUT2D eigenvalue weighted by Gasteiger charge is 2.40. The van der Waals surface area contributed by atoms with Gasteiger partial charge in [0.1, 0.15) is 0 Å². The van der Waals surface area contributed by atoms with Gasteiger partial charge in [0, 0.05) is 12.7 Å². The Morgan fingerprint density at radius 1 is 1.40 bits per heavy atom. The zero-order valence-electron chi connectivity index (χ0n) is 11.7. The fraction of sp³-hybridized carbons (Fsp3) is 0.571. The molecule has 1 aliphatic rings. The van der Waals surface area contributed by atoms with Crippen molar-refractivity contribution in [1.82, 2.24) is 10.3 Å². The first kappa shape index (κ1) is 19.2. The van der Waals surface area contributed by atoms with Crippen LogP contribution in [-0.4, -0.2) is 17.4 Å². The Morgan fingerprint density at radius 2 is 2.05 bits per heavy atom. The number of hydrogen-bond acceptors (Lipinski definition) is 3. The first-order valence-electron chi connectivity index (χ1n) is 6.60. The number of hydrogen-bond donors (Lipinski definition) is 2. The van der Waals surface area contributed by atoms with Crippen molar-refractivity contribution in [3.63, 3.8) is 0 Å². The van der Waals surface area contributed by atoms with Crippen LogP contribution in [0.4, 0.5) is 0 Å². The second kappa shape index (κ2) is 8.45. The van der Waals surface area contributed by atoms with Crippen LogP contribution in [0.15, 0.2) is 24.4 Å². The fourth-order valence-corrected chi connectivity index (χ4v) is 2.63. The molecule has 1 fully saturated rings. The van der Waals surface area contributed by atoms with Gasteiger partial charge < -0.3 is 11.1 Å². The monoisotopic (exact) mass is 319 g/mol. The molecule has 1 amide bonds. The van der Waals surface area contributed by atoms with Crippen molar-refractivity contribution in [2.75, 3.05) is 6.54 Å². The zero-order valence-corrected chi connectivity index (χ0v) is 13.3. The van der Waals surface area contributed by atoms with Gasteiger partial charge in [-0.05, 0) is 31.9 Å². The number of amides is 1. The van der Waals surface area contributed by atoms with E-state index in [1.165, 1.54) is 0 Å². The van der Waals surface area contributed by atoms with Crippen molar-refractivity contribution in [3.05, 3.63) is 30.1 Å². The van der Waals surface area contributed by atoms with Gasteiger partial charge in [-0.25, -0.2) is 0 Å². The van der Waals surface area contributed by atoms with Crippen LogP contribution in [0.5, 0.6) is 0 Å². The summed E-state index contributed by atoms with van der Waals surface area (Å²) in [4.78, 5) is 16.6. The van der Waals surface area contributed by atoms with Crippen molar-refractivity contribution in [1.29, 1.82) is 0 Å². The molecule has 1 aliphatic carbocycles. The van der Waals surface area contributed by atoms with Crippen molar-refractivity contribution < 1.29 is 4.79 Å². The molecule has 20 heavy (non-hydrogen) atoms. The molecule has 0 aliphatic heterocycles. The number of nitrogens with two attached hydrogens (primary N) is 1. The largest absolute Gasteiger partial charge is 0.347 e. The van der Waals surface area contributed by atoms with E-state index in [1.54, 1.807) is 6.20 Å². The van der Waals surface area contributed by atoms with E-state index in [1.807, 2.05) is 25.1 Å². The predicted molar refractivity (Wildman–Crippen MR) is 85.2 cm³/mol.